The van der Waals surface area contributed by atoms with E-state index in [2.05, 4.69) is 5.32 Å². The first-order valence-electron chi connectivity index (χ1n) is 8.66. The maximum atomic E-state index is 13.8. The van der Waals surface area contributed by atoms with Crippen LogP contribution in [0.25, 0.3) is 5.69 Å². The molecular formula is C21H17FN2O4. The number of carboxylic acids is 1. The van der Waals surface area contributed by atoms with E-state index in [0.29, 0.717) is 17.1 Å². The fourth-order valence-corrected chi connectivity index (χ4v) is 3.58. The summed E-state index contributed by atoms with van der Waals surface area (Å²) in [5.74, 6) is -1.57. The number of methoxy groups -OCH3 is 1. The summed E-state index contributed by atoms with van der Waals surface area (Å²) in [6.07, 6.45) is 1.57. The van der Waals surface area contributed by atoms with E-state index in [1.165, 1.54) is 18.3 Å². The molecule has 0 saturated carbocycles. The van der Waals surface area contributed by atoms with Crippen LogP contribution in [-0.4, -0.2) is 28.7 Å². The van der Waals surface area contributed by atoms with Crippen molar-refractivity contribution in [3.8, 4) is 11.4 Å². The van der Waals surface area contributed by atoms with Crippen molar-refractivity contribution >= 4 is 17.6 Å². The number of benzene rings is 2. The first-order valence-corrected chi connectivity index (χ1v) is 8.66. The van der Waals surface area contributed by atoms with Gasteiger partial charge in [0.1, 0.15) is 17.1 Å². The molecule has 2 N–H and O–H groups in total. The number of fused-ring (bicyclic) bond motifs is 1. The smallest absolute Gasteiger partial charge is 0.339 e. The van der Waals surface area contributed by atoms with E-state index in [-0.39, 0.29) is 29.5 Å². The molecule has 3 aromatic rings. The van der Waals surface area contributed by atoms with Crippen LogP contribution in [0.4, 0.5) is 10.1 Å². The van der Waals surface area contributed by atoms with Crippen LogP contribution in [0.2, 0.25) is 0 Å². The number of anilines is 1. The molecule has 1 aromatic heterocycles. The molecule has 6 nitrogen and oxygen atoms in total. The predicted molar refractivity (Wildman–Crippen MR) is 101 cm³/mol. The number of ether oxygens (including phenoxy) is 1. The van der Waals surface area contributed by atoms with Gasteiger partial charge < -0.3 is 19.7 Å². The van der Waals surface area contributed by atoms with Gasteiger partial charge in [0.05, 0.1) is 18.5 Å². The lowest BCUT2D eigenvalue weighted by Crippen LogP contribution is -2.25. The van der Waals surface area contributed by atoms with Crippen LogP contribution in [0.3, 0.4) is 0 Å². The number of nitrogens with one attached hydrogen (secondary N) is 1. The summed E-state index contributed by atoms with van der Waals surface area (Å²) >= 11 is 0. The molecule has 1 aliphatic heterocycles. The molecule has 0 spiro atoms. The molecule has 4 rings (SSSR count). The van der Waals surface area contributed by atoms with E-state index >= 15 is 0 Å². The van der Waals surface area contributed by atoms with Gasteiger partial charge >= 0.3 is 5.97 Å². The number of halogens is 1. The van der Waals surface area contributed by atoms with Gasteiger partial charge in [0.25, 0.3) is 0 Å². The number of carboxylic acid groups (broad SMARTS) is 1. The Labute approximate surface area is 160 Å². The molecular weight excluding hydrogens is 363 g/mol. The van der Waals surface area contributed by atoms with Crippen molar-refractivity contribution in [2.75, 3.05) is 12.4 Å². The summed E-state index contributed by atoms with van der Waals surface area (Å²) in [6.45, 7) is 0. The quantitative estimate of drug-likeness (QED) is 0.722. The van der Waals surface area contributed by atoms with Crippen molar-refractivity contribution in [2.45, 2.75) is 12.3 Å². The Kier molecular flexibility index (Phi) is 4.35. The third-order valence-corrected chi connectivity index (χ3v) is 4.86. The summed E-state index contributed by atoms with van der Waals surface area (Å²) in [7, 11) is 1.56. The molecule has 1 aliphatic rings. The Bertz CT molecular complexity index is 1070. The highest BCUT2D eigenvalue weighted by molar-refractivity contribution is 6.04. The van der Waals surface area contributed by atoms with E-state index in [4.69, 9.17) is 4.74 Å². The Morgan fingerprint density at radius 3 is 2.64 bits per heavy atom. The fourth-order valence-electron chi connectivity index (χ4n) is 3.58. The Morgan fingerprint density at radius 2 is 2.00 bits per heavy atom. The second kappa shape index (κ2) is 6.84. The second-order valence-corrected chi connectivity index (χ2v) is 6.54. The number of hydrogen-bond donors (Lipinski definition) is 2. The van der Waals surface area contributed by atoms with Crippen LogP contribution in [0, 0.1) is 5.82 Å². The molecule has 0 radical (unpaired) electrons. The van der Waals surface area contributed by atoms with E-state index in [1.807, 2.05) is 12.1 Å². The molecule has 0 aliphatic carbocycles. The third kappa shape index (κ3) is 3.00. The van der Waals surface area contributed by atoms with Crippen molar-refractivity contribution in [2.24, 2.45) is 0 Å². The second-order valence-electron chi connectivity index (χ2n) is 6.54. The van der Waals surface area contributed by atoms with Gasteiger partial charge in [0.15, 0.2) is 0 Å². The summed E-state index contributed by atoms with van der Waals surface area (Å²) < 4.78 is 20.6. The number of amides is 1. The highest BCUT2D eigenvalue weighted by Crippen LogP contribution is 2.42. The lowest BCUT2D eigenvalue weighted by atomic mass is 9.88. The van der Waals surface area contributed by atoms with Crippen molar-refractivity contribution < 1.29 is 23.8 Å². The van der Waals surface area contributed by atoms with Crippen molar-refractivity contribution in [3.63, 3.8) is 0 Å². The number of nitrogens with zero attached hydrogens (tertiary/aromatic N) is 1. The molecule has 2 heterocycles. The van der Waals surface area contributed by atoms with Crippen LogP contribution in [0.5, 0.6) is 5.75 Å². The molecule has 1 unspecified atom stereocenters. The van der Waals surface area contributed by atoms with Crippen LogP contribution >= 0.6 is 0 Å². The molecule has 0 fully saturated rings. The lowest BCUT2D eigenvalue weighted by Gasteiger charge is -2.26. The lowest BCUT2D eigenvalue weighted by molar-refractivity contribution is -0.116. The molecule has 0 bridgehead atoms. The van der Waals surface area contributed by atoms with Gasteiger partial charge in [-0.2, -0.15) is 0 Å². The maximum absolute atomic E-state index is 13.8. The summed E-state index contributed by atoms with van der Waals surface area (Å²) in [5, 5.41) is 12.3. The standard InChI is InChI=1S/C21H17FN2O4/c1-28-15-7-5-12(6-8-15)16-10-18(25)23-19-17(21(26)27)11-24(20(16)19)14-4-2-3-13(22)9-14/h2-9,11,16H,10H2,1H3,(H,23,25)(H,26,27). The van der Waals surface area contributed by atoms with Gasteiger partial charge in [-0.05, 0) is 35.9 Å². The first kappa shape index (κ1) is 17.8. The molecule has 7 heteroatoms. The molecule has 142 valence electrons. The van der Waals surface area contributed by atoms with E-state index in [9.17, 15) is 19.1 Å². The van der Waals surface area contributed by atoms with Gasteiger partial charge in [0.2, 0.25) is 5.91 Å². The van der Waals surface area contributed by atoms with E-state index < -0.39 is 11.8 Å². The molecule has 1 amide bonds. The predicted octanol–water partition coefficient (Wildman–Crippen LogP) is 3.80. The Balaban J connectivity index is 1.94. The van der Waals surface area contributed by atoms with Gasteiger partial charge in [-0.25, -0.2) is 9.18 Å². The van der Waals surface area contributed by atoms with Crippen LogP contribution in [0.1, 0.15) is 34.0 Å². The Morgan fingerprint density at radius 1 is 1.25 bits per heavy atom. The normalized spacial score (nSPS) is 15.6. The number of hydrogen-bond acceptors (Lipinski definition) is 3. The zero-order valence-corrected chi connectivity index (χ0v) is 15.0. The SMILES string of the molecule is COc1ccc(C2CC(=O)Nc3c(C(=O)O)cn(-c4cccc(F)c4)c32)cc1. The number of rotatable bonds is 4. The monoisotopic (exact) mass is 380 g/mol. The zero-order chi connectivity index (χ0) is 19.8. The van der Waals surface area contributed by atoms with E-state index in [0.717, 1.165) is 5.56 Å². The first-order chi connectivity index (χ1) is 13.5. The summed E-state index contributed by atoms with van der Waals surface area (Å²) in [5.41, 5.74) is 2.13. The van der Waals surface area contributed by atoms with Crippen LogP contribution < -0.4 is 10.1 Å². The van der Waals surface area contributed by atoms with Crippen molar-refractivity contribution in [3.05, 3.63) is 77.4 Å². The van der Waals surface area contributed by atoms with Crippen LogP contribution in [-0.2, 0) is 4.79 Å². The number of carbonyl (C=O) groups is 2. The largest absolute Gasteiger partial charge is 0.497 e. The highest BCUT2D eigenvalue weighted by Gasteiger charge is 2.34. The van der Waals surface area contributed by atoms with Gasteiger partial charge in [-0.1, -0.05) is 18.2 Å². The average molecular weight is 380 g/mol. The van der Waals surface area contributed by atoms with E-state index in [1.54, 1.807) is 35.9 Å². The van der Waals surface area contributed by atoms with Gasteiger partial charge in [-0.15, -0.1) is 0 Å². The summed E-state index contributed by atoms with van der Waals surface area (Å²) in [6, 6.07) is 13.2. The minimum Gasteiger partial charge on any atom is -0.497 e. The number of carbonyl (C=O) groups excluding carboxylic acids is 1. The average Bonchev–Trinajstić information content (AvgIpc) is 3.07. The minimum atomic E-state index is -1.16. The minimum absolute atomic E-state index is 0.0363. The van der Waals surface area contributed by atoms with Crippen molar-refractivity contribution in [1.82, 2.24) is 4.57 Å². The summed E-state index contributed by atoms with van der Waals surface area (Å²) in [4.78, 5) is 24.1. The molecule has 2 aromatic carbocycles. The van der Waals surface area contributed by atoms with Gasteiger partial charge in [-0.3, -0.25) is 4.79 Å². The number of aromatic carboxylic acids is 1. The zero-order valence-electron chi connectivity index (χ0n) is 15.0. The highest BCUT2D eigenvalue weighted by atomic mass is 19.1. The fraction of sp³-hybridized carbons (Fsp3) is 0.143. The Hall–Kier alpha value is -3.61. The molecule has 0 saturated heterocycles. The topological polar surface area (TPSA) is 80.6 Å². The van der Waals surface area contributed by atoms with Gasteiger partial charge in [0, 0.05) is 24.2 Å². The maximum Gasteiger partial charge on any atom is 0.339 e. The molecule has 1 atom stereocenters. The number of aromatic nitrogens is 1. The molecule has 28 heavy (non-hydrogen) atoms. The van der Waals surface area contributed by atoms with Crippen LogP contribution in [0.15, 0.2) is 54.7 Å². The van der Waals surface area contributed by atoms with Crippen molar-refractivity contribution in [1.29, 1.82) is 0 Å². The third-order valence-electron chi connectivity index (χ3n) is 4.86.